The number of para-hydroxylation sites is 1. The van der Waals surface area contributed by atoms with Crippen molar-refractivity contribution < 1.29 is 23.9 Å². The fourth-order valence-corrected chi connectivity index (χ4v) is 6.35. The van der Waals surface area contributed by atoms with Crippen molar-refractivity contribution in [3.05, 3.63) is 36.3 Å². The Labute approximate surface area is 268 Å². The number of anilines is 1. The second-order valence-electron chi connectivity index (χ2n) is 13.1. The summed E-state index contributed by atoms with van der Waals surface area (Å²) in [7, 11) is 1.99. The van der Waals surface area contributed by atoms with Crippen LogP contribution in [-0.2, 0) is 32.5 Å². The maximum Gasteiger partial charge on any atom is 0.411 e. The van der Waals surface area contributed by atoms with E-state index in [0.717, 1.165) is 22.4 Å². The third-order valence-electron chi connectivity index (χ3n) is 8.58. The first kappa shape index (κ1) is 31.7. The molecule has 6 rings (SSSR count). The van der Waals surface area contributed by atoms with Gasteiger partial charge in [0.25, 0.3) is 0 Å². The van der Waals surface area contributed by atoms with Crippen LogP contribution in [0.25, 0.3) is 22.4 Å². The summed E-state index contributed by atoms with van der Waals surface area (Å²) in [6.45, 7) is 8.59. The quantitative estimate of drug-likeness (QED) is 0.333. The van der Waals surface area contributed by atoms with Gasteiger partial charge in [0.1, 0.15) is 29.3 Å². The van der Waals surface area contributed by atoms with Gasteiger partial charge >= 0.3 is 6.09 Å². The highest BCUT2D eigenvalue weighted by Gasteiger charge is 2.41. The molecule has 3 atom stereocenters. The van der Waals surface area contributed by atoms with E-state index in [4.69, 9.17) is 19.4 Å². The maximum atomic E-state index is 13.4. The molecular weight excluding hydrogens is 590 g/mol. The Kier molecular flexibility index (Phi) is 9.09. The van der Waals surface area contributed by atoms with Crippen LogP contribution in [0.4, 0.5) is 10.6 Å². The Morgan fingerprint density at radius 1 is 1.04 bits per heavy atom. The van der Waals surface area contributed by atoms with Gasteiger partial charge in [-0.15, -0.1) is 0 Å². The van der Waals surface area contributed by atoms with E-state index in [1.54, 1.807) is 33.0 Å². The molecule has 1 aromatic carbocycles. The van der Waals surface area contributed by atoms with Crippen molar-refractivity contribution in [2.45, 2.75) is 63.8 Å². The average Bonchev–Trinajstić information content (AvgIpc) is 3.59. The summed E-state index contributed by atoms with van der Waals surface area (Å²) in [6.07, 6.45) is 2.72. The van der Waals surface area contributed by atoms with Gasteiger partial charge < -0.3 is 30.0 Å². The fourth-order valence-electron chi connectivity index (χ4n) is 6.35. The molecule has 0 unspecified atom stereocenters. The lowest BCUT2D eigenvalue weighted by Gasteiger charge is -2.34. The first-order valence-corrected chi connectivity index (χ1v) is 16.0. The molecule has 2 aromatic heterocycles. The van der Waals surface area contributed by atoms with Crippen molar-refractivity contribution in [2.24, 2.45) is 7.05 Å². The highest BCUT2D eigenvalue weighted by molar-refractivity contribution is 5.91. The SMILES string of the molecule is Cn1c2nc3cccc(c31)-c1nccc(n1)N[C@H]1C[C@@H](C(=O)NCCCNC(=O)[C@@H]3COCCN3CC2)N(C(=O)OC(C)(C)C)C1. The van der Waals surface area contributed by atoms with Crippen molar-refractivity contribution >= 4 is 34.8 Å². The van der Waals surface area contributed by atoms with Crippen LogP contribution in [0.3, 0.4) is 0 Å². The van der Waals surface area contributed by atoms with Crippen molar-refractivity contribution in [1.29, 1.82) is 0 Å². The maximum absolute atomic E-state index is 13.4. The molecule has 14 heteroatoms. The smallest absolute Gasteiger partial charge is 0.411 e. The van der Waals surface area contributed by atoms with Crippen molar-refractivity contribution in [1.82, 2.24) is 40.0 Å². The van der Waals surface area contributed by atoms with Crippen molar-refractivity contribution in [2.75, 3.05) is 51.3 Å². The van der Waals surface area contributed by atoms with Gasteiger partial charge in [0.2, 0.25) is 11.8 Å². The van der Waals surface area contributed by atoms with Gasteiger partial charge in [-0.25, -0.2) is 19.7 Å². The number of morpholine rings is 1. The van der Waals surface area contributed by atoms with E-state index in [1.807, 2.05) is 25.2 Å². The number of fused-ring (bicyclic) bond motifs is 7. The molecule has 14 nitrogen and oxygen atoms in total. The third kappa shape index (κ3) is 6.92. The Morgan fingerprint density at radius 3 is 2.61 bits per heavy atom. The number of benzene rings is 1. The molecule has 0 radical (unpaired) electrons. The second kappa shape index (κ2) is 13.2. The standard InChI is InChI=1S/C32H43N9O5/c1-32(2,3)46-31(44)41-18-20-17-23(41)29(42)34-11-6-12-35-30(43)24-19-45-16-15-40(24)14-10-26-37-22-8-5-7-21(27(22)39(26)4)28-33-13-9-25(36-20)38-28/h5,7-9,13,20,23-24H,6,10-12,14-19H2,1-4H3,(H,34,42)(H,35,43)(H,33,36,38)/t20-,23-,24-/m0/s1. The zero-order valence-corrected chi connectivity index (χ0v) is 26.9. The molecule has 3 aliphatic heterocycles. The van der Waals surface area contributed by atoms with Crippen molar-refractivity contribution in [3.63, 3.8) is 0 Å². The van der Waals surface area contributed by atoms with Crippen LogP contribution in [0.2, 0.25) is 0 Å². The number of imidazole rings is 1. The highest BCUT2D eigenvalue weighted by Crippen LogP contribution is 2.29. The minimum atomic E-state index is -0.726. The van der Waals surface area contributed by atoms with Gasteiger partial charge in [-0.2, -0.15) is 0 Å². The van der Waals surface area contributed by atoms with E-state index >= 15 is 0 Å². The Balaban J connectivity index is 1.32. The summed E-state index contributed by atoms with van der Waals surface area (Å²) >= 11 is 0. The molecule has 3 aromatic rings. The largest absolute Gasteiger partial charge is 0.444 e. The number of hydrogen-bond acceptors (Lipinski definition) is 10. The molecule has 246 valence electrons. The number of nitrogens with one attached hydrogen (secondary N) is 3. The molecule has 3 aliphatic rings. The fraction of sp³-hybridized carbons (Fsp3) is 0.562. The number of ether oxygens (including phenoxy) is 2. The molecule has 6 bridgehead atoms. The summed E-state index contributed by atoms with van der Waals surface area (Å²) in [5.41, 5.74) is 1.88. The third-order valence-corrected chi connectivity index (χ3v) is 8.58. The van der Waals surface area contributed by atoms with Crippen LogP contribution in [0.5, 0.6) is 0 Å². The summed E-state index contributed by atoms with van der Waals surface area (Å²) in [6, 6.07) is 6.31. The molecule has 3 amide bonds. The summed E-state index contributed by atoms with van der Waals surface area (Å²) in [5, 5.41) is 9.39. The first-order valence-electron chi connectivity index (χ1n) is 16.0. The Hall–Kier alpha value is -4.30. The van der Waals surface area contributed by atoms with E-state index < -0.39 is 23.8 Å². The van der Waals surface area contributed by atoms with E-state index in [2.05, 4.69) is 30.4 Å². The number of hydrogen-bond donors (Lipinski definition) is 3. The average molecular weight is 634 g/mol. The van der Waals surface area contributed by atoms with Crippen LogP contribution in [-0.4, -0.2) is 117 Å². The number of aromatic nitrogens is 4. The molecular formula is C32H43N9O5. The lowest BCUT2D eigenvalue weighted by atomic mass is 10.1. The van der Waals surface area contributed by atoms with Gasteiger partial charge in [0.05, 0.1) is 24.2 Å². The minimum Gasteiger partial charge on any atom is -0.444 e. The molecule has 0 aliphatic carbocycles. The zero-order chi connectivity index (χ0) is 32.4. The lowest BCUT2D eigenvalue weighted by molar-refractivity contribution is -0.132. The number of amides is 3. The monoisotopic (exact) mass is 633 g/mol. The van der Waals surface area contributed by atoms with E-state index in [9.17, 15) is 14.4 Å². The van der Waals surface area contributed by atoms with Gasteiger partial charge in [-0.3, -0.25) is 19.4 Å². The Morgan fingerprint density at radius 2 is 1.83 bits per heavy atom. The zero-order valence-electron chi connectivity index (χ0n) is 26.9. The van der Waals surface area contributed by atoms with Crippen LogP contribution in [0.15, 0.2) is 30.5 Å². The van der Waals surface area contributed by atoms with E-state index in [0.29, 0.717) is 70.3 Å². The van der Waals surface area contributed by atoms with Gasteiger partial charge in [0.15, 0.2) is 5.82 Å². The molecule has 5 heterocycles. The normalized spacial score (nSPS) is 23.5. The summed E-state index contributed by atoms with van der Waals surface area (Å²) < 4.78 is 13.4. The van der Waals surface area contributed by atoms with Crippen LogP contribution >= 0.6 is 0 Å². The van der Waals surface area contributed by atoms with Gasteiger partial charge in [0, 0.05) is 64.0 Å². The second-order valence-corrected chi connectivity index (χ2v) is 13.1. The predicted octanol–water partition coefficient (Wildman–Crippen LogP) is 1.70. The van der Waals surface area contributed by atoms with E-state index in [-0.39, 0.29) is 24.4 Å². The van der Waals surface area contributed by atoms with Crippen LogP contribution < -0.4 is 16.0 Å². The van der Waals surface area contributed by atoms with Crippen LogP contribution in [0.1, 0.15) is 39.4 Å². The van der Waals surface area contributed by atoms with E-state index in [1.165, 1.54) is 4.90 Å². The number of rotatable bonds is 0. The number of carbonyl (C=O) groups is 3. The number of carbonyl (C=O) groups excluding carboxylic acids is 3. The molecule has 3 N–H and O–H groups in total. The van der Waals surface area contributed by atoms with Gasteiger partial charge in [-0.05, 0) is 51.8 Å². The topological polar surface area (TPSA) is 156 Å². The minimum absolute atomic E-state index is 0.0988. The number of nitrogens with zero attached hydrogens (tertiary/aromatic N) is 6. The molecule has 2 fully saturated rings. The summed E-state index contributed by atoms with van der Waals surface area (Å²) in [5.74, 6) is 1.67. The highest BCUT2D eigenvalue weighted by atomic mass is 16.6. The first-order chi connectivity index (χ1) is 22.1. The molecule has 0 saturated carbocycles. The summed E-state index contributed by atoms with van der Waals surface area (Å²) in [4.78, 5) is 57.8. The molecule has 46 heavy (non-hydrogen) atoms. The predicted molar refractivity (Wildman–Crippen MR) is 171 cm³/mol. The number of likely N-dealkylation sites (tertiary alicyclic amines) is 1. The lowest BCUT2D eigenvalue weighted by Crippen LogP contribution is -2.54. The molecule has 0 spiro atoms. The van der Waals surface area contributed by atoms with Gasteiger partial charge in [-0.1, -0.05) is 6.07 Å². The van der Waals surface area contributed by atoms with Crippen molar-refractivity contribution in [3.8, 4) is 11.4 Å². The number of aryl methyl sites for hydroxylation is 1. The Bertz CT molecular complexity index is 1600. The molecule has 2 saturated heterocycles. The van der Waals surface area contributed by atoms with Crippen LogP contribution in [0, 0.1) is 0 Å².